The first kappa shape index (κ1) is 23.5. The van der Waals surface area contributed by atoms with Crippen molar-refractivity contribution in [2.75, 3.05) is 43.0 Å². The van der Waals surface area contributed by atoms with Gasteiger partial charge in [-0.15, -0.1) is 0 Å². The lowest BCUT2D eigenvalue weighted by atomic mass is 9.97. The Balaban J connectivity index is 1.30. The second kappa shape index (κ2) is 10.5. The molecule has 1 amide bonds. The molecule has 2 aromatic rings. The Hall–Kier alpha value is -2.65. The predicted molar refractivity (Wildman–Crippen MR) is 128 cm³/mol. The quantitative estimate of drug-likeness (QED) is 0.663. The summed E-state index contributed by atoms with van der Waals surface area (Å²) in [6.45, 7) is 5.10. The third-order valence-corrected chi connectivity index (χ3v) is 8.21. The van der Waals surface area contributed by atoms with Gasteiger partial charge in [0.05, 0.1) is 23.4 Å². The highest BCUT2D eigenvalue weighted by atomic mass is 32.2. The Morgan fingerprint density at radius 3 is 2.33 bits per heavy atom. The van der Waals surface area contributed by atoms with Crippen molar-refractivity contribution in [1.82, 2.24) is 9.29 Å². The van der Waals surface area contributed by atoms with Crippen LogP contribution >= 0.6 is 0 Å². The molecule has 2 aliphatic rings. The molecule has 0 saturated carbocycles. The standard InChI is InChI=1S/C24H32N4O4S/c1-2-32-21-7-9-22(10-8-21)33(30,31)28-16-12-19(13-17-28)24(29)26-20-6-11-23(25-18-20)27-14-4-3-5-15-27/h6-11,18-19H,2-5,12-17H2,1H3,(H,26,29). The van der Waals surface area contributed by atoms with Crippen LogP contribution in [0.1, 0.15) is 39.0 Å². The number of carbonyl (C=O) groups excluding carboxylic acids is 1. The molecule has 0 atom stereocenters. The highest BCUT2D eigenvalue weighted by Gasteiger charge is 2.32. The number of ether oxygens (including phenoxy) is 1. The molecule has 1 N–H and O–H groups in total. The monoisotopic (exact) mass is 472 g/mol. The fraction of sp³-hybridized carbons (Fsp3) is 0.500. The van der Waals surface area contributed by atoms with Gasteiger partial charge in [-0.3, -0.25) is 4.79 Å². The van der Waals surface area contributed by atoms with E-state index in [9.17, 15) is 13.2 Å². The van der Waals surface area contributed by atoms with Gasteiger partial charge in [0.25, 0.3) is 0 Å². The molecule has 1 aromatic carbocycles. The van der Waals surface area contributed by atoms with Crippen LogP contribution in [-0.2, 0) is 14.8 Å². The number of nitrogens with zero attached hydrogens (tertiary/aromatic N) is 3. The van der Waals surface area contributed by atoms with E-state index in [1.165, 1.54) is 23.6 Å². The summed E-state index contributed by atoms with van der Waals surface area (Å²) >= 11 is 0. The van der Waals surface area contributed by atoms with Crippen LogP contribution in [0.25, 0.3) is 0 Å². The van der Waals surface area contributed by atoms with Crippen LogP contribution in [0, 0.1) is 5.92 Å². The van der Waals surface area contributed by atoms with E-state index in [0.29, 0.717) is 44.0 Å². The molecule has 3 heterocycles. The highest BCUT2D eigenvalue weighted by molar-refractivity contribution is 7.89. The molecule has 178 valence electrons. The van der Waals surface area contributed by atoms with Gasteiger partial charge in [-0.25, -0.2) is 13.4 Å². The van der Waals surface area contributed by atoms with Crippen molar-refractivity contribution < 1.29 is 17.9 Å². The normalized spacial score (nSPS) is 18.2. The molecule has 4 rings (SSSR count). The topological polar surface area (TPSA) is 91.8 Å². The van der Waals surface area contributed by atoms with E-state index in [-0.39, 0.29) is 16.7 Å². The first-order valence-electron chi connectivity index (χ1n) is 11.7. The van der Waals surface area contributed by atoms with Gasteiger partial charge < -0.3 is 15.0 Å². The molecule has 0 spiro atoms. The number of hydrogen-bond acceptors (Lipinski definition) is 6. The lowest BCUT2D eigenvalue weighted by Gasteiger charge is -2.30. The minimum Gasteiger partial charge on any atom is -0.494 e. The van der Waals surface area contributed by atoms with Gasteiger partial charge in [0.2, 0.25) is 15.9 Å². The Bertz CT molecular complexity index is 1030. The number of anilines is 2. The zero-order chi connectivity index (χ0) is 23.3. The van der Waals surface area contributed by atoms with Gasteiger partial charge in [0.15, 0.2) is 0 Å². The summed E-state index contributed by atoms with van der Waals surface area (Å²) in [6, 6.07) is 10.3. The lowest BCUT2D eigenvalue weighted by Crippen LogP contribution is -2.41. The summed E-state index contributed by atoms with van der Waals surface area (Å²) in [4.78, 5) is 19.8. The van der Waals surface area contributed by atoms with Crippen molar-refractivity contribution in [3.05, 3.63) is 42.6 Å². The first-order chi connectivity index (χ1) is 16.0. The van der Waals surface area contributed by atoms with Crippen LogP contribution in [0.4, 0.5) is 11.5 Å². The molecular weight excluding hydrogens is 440 g/mol. The number of nitrogens with one attached hydrogen (secondary N) is 1. The predicted octanol–water partition coefficient (Wildman–Crippen LogP) is 3.51. The summed E-state index contributed by atoms with van der Waals surface area (Å²) in [7, 11) is -3.59. The van der Waals surface area contributed by atoms with Gasteiger partial charge in [-0.2, -0.15) is 4.31 Å². The van der Waals surface area contributed by atoms with E-state index in [2.05, 4.69) is 15.2 Å². The van der Waals surface area contributed by atoms with E-state index in [1.807, 2.05) is 19.1 Å². The molecule has 33 heavy (non-hydrogen) atoms. The summed E-state index contributed by atoms with van der Waals surface area (Å²) in [6.07, 6.45) is 6.32. The molecule has 8 nitrogen and oxygen atoms in total. The number of amides is 1. The van der Waals surface area contributed by atoms with Crippen LogP contribution in [0.5, 0.6) is 5.75 Å². The van der Waals surface area contributed by atoms with Crippen LogP contribution in [-0.4, -0.2) is 56.4 Å². The summed E-state index contributed by atoms with van der Waals surface area (Å²) in [5.41, 5.74) is 0.671. The van der Waals surface area contributed by atoms with E-state index < -0.39 is 10.0 Å². The zero-order valence-electron chi connectivity index (χ0n) is 19.1. The summed E-state index contributed by atoms with van der Waals surface area (Å²) in [5.74, 6) is 1.28. The van der Waals surface area contributed by atoms with Crippen molar-refractivity contribution in [2.24, 2.45) is 5.92 Å². The third kappa shape index (κ3) is 5.65. The molecular formula is C24H32N4O4S. The fourth-order valence-electron chi connectivity index (χ4n) is 4.40. The average Bonchev–Trinajstić information content (AvgIpc) is 2.86. The highest BCUT2D eigenvalue weighted by Crippen LogP contribution is 2.26. The number of benzene rings is 1. The Morgan fingerprint density at radius 1 is 1.03 bits per heavy atom. The number of pyridine rings is 1. The lowest BCUT2D eigenvalue weighted by molar-refractivity contribution is -0.120. The van der Waals surface area contributed by atoms with Crippen molar-refractivity contribution in [3.63, 3.8) is 0 Å². The molecule has 1 aromatic heterocycles. The maximum Gasteiger partial charge on any atom is 0.243 e. The van der Waals surface area contributed by atoms with Gasteiger partial charge >= 0.3 is 0 Å². The van der Waals surface area contributed by atoms with Crippen LogP contribution in [0.2, 0.25) is 0 Å². The van der Waals surface area contributed by atoms with Gasteiger partial charge in [0.1, 0.15) is 11.6 Å². The fourth-order valence-corrected chi connectivity index (χ4v) is 5.87. The minimum atomic E-state index is -3.59. The maximum absolute atomic E-state index is 13.0. The molecule has 0 radical (unpaired) electrons. The number of carbonyl (C=O) groups is 1. The molecule has 9 heteroatoms. The van der Waals surface area contributed by atoms with Crippen LogP contribution in [0.3, 0.4) is 0 Å². The van der Waals surface area contributed by atoms with E-state index in [1.54, 1.807) is 30.5 Å². The van der Waals surface area contributed by atoms with E-state index >= 15 is 0 Å². The number of rotatable bonds is 7. The second-order valence-electron chi connectivity index (χ2n) is 8.52. The molecule has 0 bridgehead atoms. The van der Waals surface area contributed by atoms with Crippen LogP contribution in [0.15, 0.2) is 47.5 Å². The maximum atomic E-state index is 13.0. The molecule has 0 unspecified atom stereocenters. The molecule has 0 aliphatic carbocycles. The van der Waals surface area contributed by atoms with Crippen molar-refractivity contribution in [2.45, 2.75) is 43.9 Å². The van der Waals surface area contributed by atoms with Crippen molar-refractivity contribution in [3.8, 4) is 5.75 Å². The Labute approximate surface area is 196 Å². The van der Waals surface area contributed by atoms with E-state index in [4.69, 9.17) is 4.74 Å². The summed E-state index contributed by atoms with van der Waals surface area (Å²) < 4.78 is 32.8. The number of piperidine rings is 2. The smallest absolute Gasteiger partial charge is 0.243 e. The number of aromatic nitrogens is 1. The Kier molecular flexibility index (Phi) is 7.49. The van der Waals surface area contributed by atoms with Gasteiger partial charge in [-0.05, 0) is 75.4 Å². The molecule has 2 saturated heterocycles. The molecule has 2 fully saturated rings. The van der Waals surface area contributed by atoms with E-state index in [0.717, 1.165) is 18.9 Å². The second-order valence-corrected chi connectivity index (χ2v) is 10.5. The minimum absolute atomic E-state index is 0.0827. The number of sulfonamides is 1. The Morgan fingerprint density at radius 2 is 1.73 bits per heavy atom. The zero-order valence-corrected chi connectivity index (χ0v) is 19.9. The van der Waals surface area contributed by atoms with Crippen molar-refractivity contribution >= 4 is 27.4 Å². The number of hydrogen-bond donors (Lipinski definition) is 1. The van der Waals surface area contributed by atoms with Gasteiger partial charge in [-0.1, -0.05) is 0 Å². The largest absolute Gasteiger partial charge is 0.494 e. The third-order valence-electron chi connectivity index (χ3n) is 6.29. The SMILES string of the molecule is CCOc1ccc(S(=O)(=O)N2CCC(C(=O)Nc3ccc(N4CCCCC4)nc3)CC2)cc1. The summed E-state index contributed by atoms with van der Waals surface area (Å²) in [5, 5.41) is 2.94. The van der Waals surface area contributed by atoms with Crippen molar-refractivity contribution in [1.29, 1.82) is 0 Å². The average molecular weight is 473 g/mol. The first-order valence-corrected chi connectivity index (χ1v) is 13.2. The molecule has 2 aliphatic heterocycles. The van der Waals surface area contributed by atoms with Gasteiger partial charge in [0, 0.05) is 32.1 Å². The van der Waals surface area contributed by atoms with Crippen LogP contribution < -0.4 is 15.0 Å².